The van der Waals surface area contributed by atoms with Gasteiger partial charge in [0.25, 0.3) is 10.0 Å². The summed E-state index contributed by atoms with van der Waals surface area (Å²) in [4.78, 5) is 11.6. The number of nitrogens with zero attached hydrogens (tertiary/aromatic N) is 2. The van der Waals surface area contributed by atoms with Crippen molar-refractivity contribution in [3.05, 3.63) is 35.4 Å². The zero-order valence-electron chi connectivity index (χ0n) is 13.9. The topological polar surface area (TPSA) is 101 Å². The van der Waals surface area contributed by atoms with Crippen LogP contribution < -0.4 is 10.0 Å². The number of rotatable bonds is 6. The second-order valence-corrected chi connectivity index (χ2v) is 8.64. The Hall–Kier alpha value is -1.84. The van der Waals surface area contributed by atoms with E-state index in [0.29, 0.717) is 0 Å². The number of nitrogens with one attached hydrogen (secondary N) is 2. The van der Waals surface area contributed by atoms with Crippen molar-refractivity contribution < 1.29 is 13.2 Å². The number of anilines is 1. The second kappa shape index (κ2) is 7.37. The molecule has 0 spiro atoms. The van der Waals surface area contributed by atoms with Gasteiger partial charge >= 0.3 is 0 Å². The monoisotopic (exact) mass is 368 g/mol. The number of amides is 1. The second-order valence-electron chi connectivity index (χ2n) is 5.77. The van der Waals surface area contributed by atoms with Crippen molar-refractivity contribution in [1.29, 1.82) is 0 Å². The fourth-order valence-corrected chi connectivity index (χ4v) is 3.98. The zero-order chi connectivity index (χ0) is 17.9. The highest BCUT2D eigenvalue weighted by Crippen LogP contribution is 2.23. The van der Waals surface area contributed by atoms with Gasteiger partial charge in [-0.15, -0.1) is 10.2 Å². The third kappa shape index (κ3) is 4.59. The Morgan fingerprint density at radius 3 is 2.33 bits per heavy atom. The molecule has 7 nitrogen and oxygen atoms in total. The number of sulfonamides is 1. The minimum absolute atomic E-state index is 0.164. The molecular weight excluding hydrogens is 348 g/mol. The molecule has 0 bridgehead atoms. The Morgan fingerprint density at radius 2 is 1.75 bits per heavy atom. The highest BCUT2D eigenvalue weighted by molar-refractivity contribution is 7.91. The molecule has 1 atom stereocenters. The average molecular weight is 368 g/mol. The number of carbonyl (C=O) groups is 1. The van der Waals surface area contributed by atoms with Crippen LogP contribution in [0, 0.1) is 12.8 Å². The van der Waals surface area contributed by atoms with E-state index in [2.05, 4.69) is 20.2 Å². The average Bonchev–Trinajstić information content (AvgIpc) is 2.96. The fourth-order valence-electron chi connectivity index (χ4n) is 1.82. The van der Waals surface area contributed by atoms with Crippen molar-refractivity contribution in [2.75, 3.05) is 5.32 Å². The van der Waals surface area contributed by atoms with Gasteiger partial charge in [-0.1, -0.05) is 55.0 Å². The first kappa shape index (κ1) is 18.5. The molecule has 9 heteroatoms. The van der Waals surface area contributed by atoms with Gasteiger partial charge in [-0.25, -0.2) is 13.1 Å². The lowest BCUT2D eigenvalue weighted by Gasteiger charge is -2.13. The molecule has 1 aromatic heterocycles. The SMILES string of the molecule is Cc1ccc(C(C)NS(=O)(=O)c2nnc(NC(=O)C(C)C)s2)cc1. The first-order valence-corrected chi connectivity index (χ1v) is 9.72. The van der Waals surface area contributed by atoms with Crippen molar-refractivity contribution in [3.8, 4) is 0 Å². The van der Waals surface area contributed by atoms with Crippen molar-refractivity contribution in [2.45, 2.75) is 38.1 Å². The van der Waals surface area contributed by atoms with Crippen LogP contribution in [0.1, 0.15) is 37.9 Å². The van der Waals surface area contributed by atoms with Gasteiger partial charge in [0.15, 0.2) is 0 Å². The standard InChI is InChI=1S/C15H20N4O3S2/c1-9(2)13(20)16-14-17-18-15(23-14)24(21,22)19-11(4)12-7-5-10(3)6-8-12/h5-9,11,19H,1-4H3,(H,16,17,20). The quantitative estimate of drug-likeness (QED) is 0.763. The highest BCUT2D eigenvalue weighted by atomic mass is 32.2. The number of carbonyl (C=O) groups excluding carboxylic acids is 1. The largest absolute Gasteiger partial charge is 0.300 e. The van der Waals surface area contributed by atoms with E-state index < -0.39 is 16.1 Å². The van der Waals surface area contributed by atoms with Gasteiger partial charge < -0.3 is 5.32 Å². The van der Waals surface area contributed by atoms with Crippen LogP contribution >= 0.6 is 11.3 Å². The lowest BCUT2D eigenvalue weighted by Crippen LogP contribution is -2.26. The molecule has 1 aromatic carbocycles. The Morgan fingerprint density at radius 1 is 1.12 bits per heavy atom. The van der Waals surface area contributed by atoms with E-state index >= 15 is 0 Å². The van der Waals surface area contributed by atoms with Gasteiger partial charge in [-0.3, -0.25) is 4.79 Å². The van der Waals surface area contributed by atoms with Gasteiger partial charge in [-0.05, 0) is 19.4 Å². The summed E-state index contributed by atoms with van der Waals surface area (Å²) < 4.78 is 27.2. The summed E-state index contributed by atoms with van der Waals surface area (Å²) in [7, 11) is -3.81. The molecule has 0 aliphatic rings. The lowest BCUT2D eigenvalue weighted by molar-refractivity contribution is -0.118. The molecule has 0 saturated heterocycles. The molecule has 130 valence electrons. The Balaban J connectivity index is 2.11. The molecule has 24 heavy (non-hydrogen) atoms. The van der Waals surface area contributed by atoms with E-state index in [4.69, 9.17) is 0 Å². The molecule has 0 saturated carbocycles. The molecule has 1 unspecified atom stereocenters. The van der Waals surface area contributed by atoms with E-state index in [1.807, 2.05) is 31.2 Å². The normalized spacial score (nSPS) is 13.0. The predicted octanol–water partition coefficient (Wildman–Crippen LogP) is 2.48. The Bertz CT molecular complexity index is 813. The highest BCUT2D eigenvalue weighted by Gasteiger charge is 2.24. The molecule has 2 N–H and O–H groups in total. The van der Waals surface area contributed by atoms with Gasteiger partial charge in [0.2, 0.25) is 15.4 Å². The minimum Gasteiger partial charge on any atom is -0.300 e. The van der Waals surface area contributed by atoms with Crippen LogP contribution in [-0.2, 0) is 14.8 Å². The summed E-state index contributed by atoms with van der Waals surface area (Å²) in [6.07, 6.45) is 0. The van der Waals surface area contributed by atoms with Crippen molar-refractivity contribution in [2.24, 2.45) is 5.92 Å². The van der Waals surface area contributed by atoms with E-state index in [9.17, 15) is 13.2 Å². The van der Waals surface area contributed by atoms with Gasteiger partial charge in [0.1, 0.15) is 0 Å². The first-order chi connectivity index (χ1) is 11.2. The Kier molecular flexibility index (Phi) is 5.68. The molecule has 2 rings (SSSR count). The van der Waals surface area contributed by atoms with E-state index in [1.54, 1.807) is 20.8 Å². The Labute approximate surface area is 145 Å². The molecule has 0 aliphatic heterocycles. The zero-order valence-corrected chi connectivity index (χ0v) is 15.5. The van der Waals surface area contributed by atoms with Crippen molar-refractivity contribution >= 4 is 32.4 Å². The maximum Gasteiger partial charge on any atom is 0.270 e. The predicted molar refractivity (Wildman–Crippen MR) is 93.3 cm³/mol. The van der Waals surface area contributed by atoms with Gasteiger partial charge in [-0.2, -0.15) is 0 Å². The summed E-state index contributed by atoms with van der Waals surface area (Å²) in [6.45, 7) is 7.19. The molecule has 0 aliphatic carbocycles. The third-order valence-electron chi connectivity index (χ3n) is 3.30. The third-order valence-corrected chi connectivity index (χ3v) is 6.05. The number of benzene rings is 1. The molecular formula is C15H20N4O3S2. The van der Waals surface area contributed by atoms with Gasteiger partial charge in [0.05, 0.1) is 0 Å². The number of hydrogen-bond donors (Lipinski definition) is 2. The number of aromatic nitrogens is 2. The maximum absolute atomic E-state index is 12.4. The summed E-state index contributed by atoms with van der Waals surface area (Å²) in [5, 5.41) is 10.1. The van der Waals surface area contributed by atoms with Crippen LogP contribution in [0.15, 0.2) is 28.6 Å². The molecule has 1 heterocycles. The van der Waals surface area contributed by atoms with Gasteiger partial charge in [0, 0.05) is 12.0 Å². The maximum atomic E-state index is 12.4. The van der Waals surface area contributed by atoms with E-state index in [1.165, 1.54) is 0 Å². The van der Waals surface area contributed by atoms with E-state index in [0.717, 1.165) is 22.5 Å². The molecule has 1 amide bonds. The van der Waals surface area contributed by atoms with Crippen LogP contribution in [0.25, 0.3) is 0 Å². The van der Waals surface area contributed by atoms with Crippen LogP contribution in [0.2, 0.25) is 0 Å². The summed E-state index contributed by atoms with van der Waals surface area (Å²) >= 11 is 0.821. The smallest absolute Gasteiger partial charge is 0.270 e. The minimum atomic E-state index is -3.81. The molecule has 2 aromatic rings. The van der Waals surface area contributed by atoms with E-state index in [-0.39, 0.29) is 21.3 Å². The fraction of sp³-hybridized carbons (Fsp3) is 0.400. The van der Waals surface area contributed by atoms with Crippen molar-refractivity contribution in [3.63, 3.8) is 0 Å². The van der Waals surface area contributed by atoms with Crippen LogP contribution in [0.4, 0.5) is 5.13 Å². The first-order valence-electron chi connectivity index (χ1n) is 7.42. The van der Waals surface area contributed by atoms with Crippen LogP contribution in [-0.4, -0.2) is 24.5 Å². The summed E-state index contributed by atoms with van der Waals surface area (Å²) in [5.74, 6) is -0.468. The molecule has 0 fully saturated rings. The lowest BCUT2D eigenvalue weighted by atomic mass is 10.1. The summed E-state index contributed by atoms with van der Waals surface area (Å²) in [5.41, 5.74) is 1.95. The number of aryl methyl sites for hydroxylation is 1. The number of hydrogen-bond acceptors (Lipinski definition) is 6. The summed E-state index contributed by atoms with van der Waals surface area (Å²) in [6, 6.07) is 7.18. The molecule has 0 radical (unpaired) electrons. The van der Waals surface area contributed by atoms with Crippen LogP contribution in [0.5, 0.6) is 0 Å². The van der Waals surface area contributed by atoms with Crippen molar-refractivity contribution in [1.82, 2.24) is 14.9 Å². The van der Waals surface area contributed by atoms with Crippen LogP contribution in [0.3, 0.4) is 0 Å².